The van der Waals surface area contributed by atoms with E-state index in [2.05, 4.69) is 20.2 Å². The van der Waals surface area contributed by atoms with Crippen molar-refractivity contribution in [3.63, 3.8) is 0 Å². The van der Waals surface area contributed by atoms with Gasteiger partial charge in [-0.15, -0.1) is 13.2 Å². The second kappa shape index (κ2) is 4.97. The molecule has 0 spiro atoms. The summed E-state index contributed by atoms with van der Waals surface area (Å²) in [5.74, 6) is -0.0111. The second-order valence-corrected chi connectivity index (χ2v) is 4.08. The van der Waals surface area contributed by atoms with E-state index in [4.69, 9.17) is 4.52 Å². The van der Waals surface area contributed by atoms with Gasteiger partial charge in [0.15, 0.2) is 11.1 Å². The highest BCUT2D eigenvalue weighted by Crippen LogP contribution is 2.28. The molecule has 0 unspecified atom stereocenters. The zero-order valence-corrected chi connectivity index (χ0v) is 10.4. The highest BCUT2D eigenvalue weighted by molar-refractivity contribution is 5.85. The summed E-state index contributed by atoms with van der Waals surface area (Å²) in [5.41, 5.74) is 1.33. The lowest BCUT2D eigenvalue weighted by atomic mass is 10.3. The van der Waals surface area contributed by atoms with Crippen molar-refractivity contribution in [2.45, 2.75) is 6.36 Å². The molecule has 0 aliphatic heterocycles. The van der Waals surface area contributed by atoms with Crippen molar-refractivity contribution >= 4 is 22.6 Å². The van der Waals surface area contributed by atoms with E-state index in [0.29, 0.717) is 22.6 Å². The van der Waals surface area contributed by atoms with Crippen molar-refractivity contribution in [1.82, 2.24) is 10.1 Å². The highest BCUT2D eigenvalue weighted by atomic mass is 19.4. The quantitative estimate of drug-likeness (QED) is 0.795. The van der Waals surface area contributed by atoms with E-state index in [1.807, 2.05) is 0 Å². The number of fused-ring (bicyclic) bond motifs is 1. The average Bonchev–Trinajstić information content (AvgIpc) is 2.81. The molecule has 108 valence electrons. The van der Waals surface area contributed by atoms with Gasteiger partial charge < -0.3 is 14.6 Å². The number of ether oxygens (including phenoxy) is 1. The Morgan fingerprint density at radius 3 is 2.81 bits per heavy atom. The Morgan fingerprint density at radius 1 is 1.14 bits per heavy atom. The third-order valence-corrected chi connectivity index (χ3v) is 2.56. The van der Waals surface area contributed by atoms with Crippen LogP contribution in [0.4, 0.5) is 24.7 Å². The van der Waals surface area contributed by atoms with Gasteiger partial charge in [0.2, 0.25) is 5.82 Å². The molecule has 1 N–H and O–H groups in total. The minimum Gasteiger partial charge on any atom is -0.406 e. The van der Waals surface area contributed by atoms with Gasteiger partial charge in [-0.2, -0.15) is 0 Å². The van der Waals surface area contributed by atoms with E-state index in [1.165, 1.54) is 18.2 Å². The number of alkyl halides is 3. The monoisotopic (exact) mass is 295 g/mol. The Hall–Kier alpha value is -2.77. The Bertz CT molecular complexity index is 770. The molecule has 3 aromatic rings. The van der Waals surface area contributed by atoms with Crippen LogP contribution in [0.1, 0.15) is 0 Å². The lowest BCUT2D eigenvalue weighted by Gasteiger charge is -2.10. The van der Waals surface area contributed by atoms with E-state index in [1.54, 1.807) is 24.4 Å². The van der Waals surface area contributed by atoms with E-state index in [-0.39, 0.29) is 5.75 Å². The first kappa shape index (κ1) is 13.2. The fourth-order valence-electron chi connectivity index (χ4n) is 1.77. The Labute approximate surface area is 116 Å². The number of nitrogens with zero attached hydrogens (tertiary/aromatic N) is 2. The van der Waals surface area contributed by atoms with E-state index >= 15 is 0 Å². The smallest absolute Gasteiger partial charge is 0.406 e. The predicted molar refractivity (Wildman–Crippen MR) is 68.2 cm³/mol. The Balaban J connectivity index is 1.86. The maximum Gasteiger partial charge on any atom is 0.573 e. The minimum atomic E-state index is -4.74. The third kappa shape index (κ3) is 3.04. The topological polar surface area (TPSA) is 60.2 Å². The first-order valence-electron chi connectivity index (χ1n) is 5.84. The van der Waals surface area contributed by atoms with Crippen LogP contribution in [0, 0.1) is 0 Å². The predicted octanol–water partition coefficient (Wildman–Crippen LogP) is 3.87. The first-order chi connectivity index (χ1) is 10.0. The maximum absolute atomic E-state index is 12.2. The van der Waals surface area contributed by atoms with Crippen molar-refractivity contribution in [1.29, 1.82) is 0 Å². The van der Waals surface area contributed by atoms with Crippen LogP contribution in [0.5, 0.6) is 5.75 Å². The van der Waals surface area contributed by atoms with Crippen LogP contribution in [-0.4, -0.2) is 16.5 Å². The van der Waals surface area contributed by atoms with Crippen LogP contribution in [0.15, 0.2) is 47.1 Å². The van der Waals surface area contributed by atoms with Gasteiger partial charge in [0, 0.05) is 18.0 Å². The molecule has 0 fully saturated rings. The lowest BCUT2D eigenvalue weighted by molar-refractivity contribution is -0.274. The molecular formula is C13H8F3N3O2. The van der Waals surface area contributed by atoms with Crippen molar-refractivity contribution in [3.05, 3.63) is 42.6 Å². The van der Waals surface area contributed by atoms with Crippen molar-refractivity contribution < 1.29 is 22.4 Å². The minimum absolute atomic E-state index is 0.315. The highest BCUT2D eigenvalue weighted by Gasteiger charge is 2.31. The number of nitrogens with one attached hydrogen (secondary N) is 1. The number of halogens is 3. The normalized spacial score (nSPS) is 11.6. The molecule has 2 heterocycles. The molecule has 2 aromatic heterocycles. The fourth-order valence-corrected chi connectivity index (χ4v) is 1.77. The van der Waals surface area contributed by atoms with Crippen LogP contribution in [0.25, 0.3) is 11.1 Å². The van der Waals surface area contributed by atoms with E-state index < -0.39 is 6.36 Å². The number of anilines is 2. The number of hydrogen-bond donors (Lipinski definition) is 1. The molecule has 0 saturated carbocycles. The van der Waals surface area contributed by atoms with Crippen LogP contribution in [0.2, 0.25) is 0 Å². The zero-order chi connectivity index (χ0) is 14.9. The van der Waals surface area contributed by atoms with Crippen LogP contribution in [0.3, 0.4) is 0 Å². The zero-order valence-electron chi connectivity index (χ0n) is 10.4. The van der Waals surface area contributed by atoms with Crippen LogP contribution in [-0.2, 0) is 0 Å². The van der Waals surface area contributed by atoms with Gasteiger partial charge >= 0.3 is 6.36 Å². The molecule has 1 aromatic carbocycles. The van der Waals surface area contributed by atoms with Crippen LogP contribution >= 0.6 is 0 Å². The molecule has 0 saturated heterocycles. The Kier molecular flexibility index (Phi) is 3.13. The molecule has 21 heavy (non-hydrogen) atoms. The van der Waals surface area contributed by atoms with Gasteiger partial charge in [-0.1, -0.05) is 11.2 Å². The summed E-state index contributed by atoms with van der Waals surface area (Å²) in [5, 5.41) is 6.62. The van der Waals surface area contributed by atoms with Gasteiger partial charge in [-0.25, -0.2) is 4.98 Å². The maximum atomic E-state index is 12.2. The second-order valence-electron chi connectivity index (χ2n) is 4.08. The SMILES string of the molecule is FC(F)(F)Oc1cccc(Nc2noc3cccnc23)c1. The third-order valence-electron chi connectivity index (χ3n) is 2.56. The molecular weight excluding hydrogens is 287 g/mol. The molecule has 0 aliphatic rings. The standard InChI is InChI=1S/C13H8F3N3O2/c14-13(15,16)20-9-4-1-3-8(7-9)18-12-11-10(21-19-12)5-2-6-17-11/h1-7H,(H,18,19). The van der Waals surface area contributed by atoms with Crippen molar-refractivity contribution in [2.75, 3.05) is 5.32 Å². The molecule has 3 rings (SSSR count). The number of pyridine rings is 1. The molecule has 0 bridgehead atoms. The molecule has 0 amide bonds. The van der Waals surface area contributed by atoms with Crippen LogP contribution < -0.4 is 10.1 Å². The van der Waals surface area contributed by atoms with Crippen molar-refractivity contribution in [2.24, 2.45) is 0 Å². The fraction of sp³-hybridized carbons (Fsp3) is 0.0769. The van der Waals surface area contributed by atoms with Gasteiger partial charge in [0.25, 0.3) is 0 Å². The van der Waals surface area contributed by atoms with E-state index in [0.717, 1.165) is 0 Å². The largest absolute Gasteiger partial charge is 0.573 e. The summed E-state index contributed by atoms with van der Waals surface area (Å²) >= 11 is 0. The number of aromatic nitrogens is 2. The molecule has 0 radical (unpaired) electrons. The Morgan fingerprint density at radius 2 is 2.00 bits per heavy atom. The molecule has 0 atom stereocenters. The summed E-state index contributed by atoms with van der Waals surface area (Å²) in [6.45, 7) is 0. The summed E-state index contributed by atoms with van der Waals surface area (Å²) in [6.07, 6.45) is -3.17. The summed E-state index contributed by atoms with van der Waals surface area (Å²) in [4.78, 5) is 4.09. The summed E-state index contributed by atoms with van der Waals surface area (Å²) in [7, 11) is 0. The van der Waals surface area contributed by atoms with E-state index in [9.17, 15) is 13.2 Å². The average molecular weight is 295 g/mol. The number of benzene rings is 1. The molecule has 0 aliphatic carbocycles. The molecule has 8 heteroatoms. The number of hydrogen-bond acceptors (Lipinski definition) is 5. The summed E-state index contributed by atoms with van der Waals surface area (Å²) in [6, 6.07) is 8.79. The van der Waals surface area contributed by atoms with Crippen molar-refractivity contribution in [3.8, 4) is 5.75 Å². The first-order valence-corrected chi connectivity index (χ1v) is 5.84. The number of rotatable bonds is 3. The van der Waals surface area contributed by atoms with Gasteiger partial charge in [-0.3, -0.25) is 0 Å². The van der Waals surface area contributed by atoms with Gasteiger partial charge in [0.1, 0.15) is 5.75 Å². The van der Waals surface area contributed by atoms with Gasteiger partial charge in [-0.05, 0) is 24.3 Å². The molecule has 5 nitrogen and oxygen atoms in total. The van der Waals surface area contributed by atoms with Gasteiger partial charge in [0.05, 0.1) is 0 Å². The summed E-state index contributed by atoms with van der Waals surface area (Å²) < 4.78 is 45.4. The lowest BCUT2D eigenvalue weighted by Crippen LogP contribution is -2.17.